The quantitative estimate of drug-likeness (QED) is 0.872. The molecule has 2 unspecified atom stereocenters. The van der Waals surface area contributed by atoms with Crippen LogP contribution in [0, 0.1) is 12.3 Å². The highest BCUT2D eigenvalue weighted by atomic mass is 16.5. The van der Waals surface area contributed by atoms with Gasteiger partial charge in [0.2, 0.25) is 0 Å². The van der Waals surface area contributed by atoms with Crippen LogP contribution in [0.3, 0.4) is 0 Å². The fraction of sp³-hybridized carbons (Fsp3) is 0.643. The second-order valence-electron chi connectivity index (χ2n) is 5.58. The minimum Gasteiger partial charge on any atom is -0.379 e. The zero-order valence-electron chi connectivity index (χ0n) is 11.7. The maximum Gasteiger partial charge on any atom is 0.0814 e. The molecule has 0 aliphatic heterocycles. The lowest BCUT2D eigenvalue weighted by Gasteiger charge is -2.36. The highest BCUT2D eigenvalue weighted by Crippen LogP contribution is 2.32. The summed E-state index contributed by atoms with van der Waals surface area (Å²) in [4.78, 5) is 4.26. The van der Waals surface area contributed by atoms with Crippen molar-refractivity contribution in [1.82, 2.24) is 10.3 Å². The van der Waals surface area contributed by atoms with Gasteiger partial charge in [-0.3, -0.25) is 4.98 Å². The summed E-state index contributed by atoms with van der Waals surface area (Å²) in [5.74, 6) is 0. The van der Waals surface area contributed by atoms with Crippen molar-refractivity contribution < 1.29 is 4.74 Å². The summed E-state index contributed by atoms with van der Waals surface area (Å²) >= 11 is 0. The number of nitrogens with one attached hydrogen (secondary N) is 1. The van der Waals surface area contributed by atoms with Crippen molar-refractivity contribution in [1.29, 1.82) is 0 Å². The number of hydrogen-bond donors (Lipinski definition) is 1. The molecule has 0 aliphatic rings. The molecule has 17 heavy (non-hydrogen) atoms. The monoisotopic (exact) mass is 236 g/mol. The van der Waals surface area contributed by atoms with E-state index in [4.69, 9.17) is 4.74 Å². The van der Waals surface area contributed by atoms with Crippen LogP contribution in [0.4, 0.5) is 0 Å². The molecule has 0 saturated heterocycles. The van der Waals surface area contributed by atoms with Crippen molar-refractivity contribution in [3.05, 3.63) is 29.6 Å². The Kier molecular flexibility index (Phi) is 4.66. The molecule has 1 rings (SSSR count). The lowest BCUT2D eigenvalue weighted by Crippen LogP contribution is -2.40. The normalized spacial score (nSPS) is 15.6. The predicted molar refractivity (Wildman–Crippen MR) is 71.0 cm³/mol. The van der Waals surface area contributed by atoms with E-state index in [2.05, 4.69) is 44.1 Å². The Morgan fingerprint density at radius 2 is 1.94 bits per heavy atom. The Bertz CT molecular complexity index is 357. The molecule has 1 N–H and O–H groups in total. The SMILES string of the molecule is CNC(c1cncc(C)c1)C(OC)C(C)(C)C. The number of methoxy groups -OCH3 is 1. The molecule has 0 radical (unpaired) electrons. The fourth-order valence-electron chi connectivity index (χ4n) is 2.23. The fourth-order valence-corrected chi connectivity index (χ4v) is 2.23. The first-order valence-electron chi connectivity index (χ1n) is 6.01. The number of nitrogens with zero attached hydrogens (tertiary/aromatic N) is 1. The van der Waals surface area contributed by atoms with Crippen LogP contribution in [0.15, 0.2) is 18.5 Å². The van der Waals surface area contributed by atoms with Crippen molar-refractivity contribution >= 4 is 0 Å². The largest absolute Gasteiger partial charge is 0.379 e. The smallest absolute Gasteiger partial charge is 0.0814 e. The number of aromatic nitrogens is 1. The third kappa shape index (κ3) is 3.51. The van der Waals surface area contributed by atoms with Crippen LogP contribution in [-0.4, -0.2) is 25.2 Å². The van der Waals surface area contributed by atoms with Crippen molar-refractivity contribution in [2.75, 3.05) is 14.2 Å². The van der Waals surface area contributed by atoms with Crippen LogP contribution >= 0.6 is 0 Å². The second kappa shape index (κ2) is 5.61. The lowest BCUT2D eigenvalue weighted by atomic mass is 9.82. The van der Waals surface area contributed by atoms with Gasteiger partial charge < -0.3 is 10.1 Å². The molecule has 1 heterocycles. The van der Waals surface area contributed by atoms with E-state index >= 15 is 0 Å². The lowest BCUT2D eigenvalue weighted by molar-refractivity contribution is -0.0102. The number of pyridine rings is 1. The highest BCUT2D eigenvalue weighted by molar-refractivity contribution is 5.21. The Morgan fingerprint density at radius 1 is 1.29 bits per heavy atom. The Morgan fingerprint density at radius 3 is 2.35 bits per heavy atom. The van der Waals surface area contributed by atoms with E-state index in [-0.39, 0.29) is 17.6 Å². The molecular weight excluding hydrogens is 212 g/mol. The average molecular weight is 236 g/mol. The summed E-state index contributed by atoms with van der Waals surface area (Å²) in [6.45, 7) is 8.63. The number of aryl methyl sites for hydroxylation is 1. The number of hydrogen-bond acceptors (Lipinski definition) is 3. The zero-order valence-corrected chi connectivity index (χ0v) is 11.7. The van der Waals surface area contributed by atoms with Gasteiger partial charge in [0.15, 0.2) is 0 Å². The molecule has 96 valence electrons. The van der Waals surface area contributed by atoms with Crippen LogP contribution in [0.25, 0.3) is 0 Å². The van der Waals surface area contributed by atoms with Gasteiger partial charge in [0.05, 0.1) is 12.1 Å². The Labute approximate surface area is 105 Å². The van der Waals surface area contributed by atoms with Gasteiger partial charge in [0.1, 0.15) is 0 Å². The van der Waals surface area contributed by atoms with E-state index in [9.17, 15) is 0 Å². The Hall–Kier alpha value is -0.930. The highest BCUT2D eigenvalue weighted by Gasteiger charge is 2.32. The predicted octanol–water partition coefficient (Wildman–Crippen LogP) is 2.71. The van der Waals surface area contributed by atoms with E-state index in [1.54, 1.807) is 7.11 Å². The molecule has 0 fully saturated rings. The van der Waals surface area contributed by atoms with Crippen LogP contribution in [0.5, 0.6) is 0 Å². The van der Waals surface area contributed by atoms with E-state index in [1.807, 2.05) is 19.4 Å². The molecule has 0 saturated carbocycles. The Balaban J connectivity index is 3.05. The zero-order chi connectivity index (χ0) is 13.1. The van der Waals surface area contributed by atoms with Crippen LogP contribution in [0.1, 0.15) is 37.9 Å². The molecule has 2 atom stereocenters. The topological polar surface area (TPSA) is 34.2 Å². The summed E-state index contributed by atoms with van der Waals surface area (Å²) < 4.78 is 5.67. The van der Waals surface area contributed by atoms with Gasteiger partial charge in [-0.2, -0.15) is 0 Å². The van der Waals surface area contributed by atoms with Gasteiger partial charge in [-0.25, -0.2) is 0 Å². The minimum absolute atomic E-state index is 0.0756. The molecule has 1 aromatic heterocycles. The maximum atomic E-state index is 5.67. The summed E-state index contributed by atoms with van der Waals surface area (Å²) in [7, 11) is 3.73. The third-order valence-corrected chi connectivity index (χ3v) is 2.98. The summed E-state index contributed by atoms with van der Waals surface area (Å²) in [5.41, 5.74) is 2.42. The van der Waals surface area contributed by atoms with E-state index in [0.29, 0.717) is 0 Å². The first-order chi connectivity index (χ1) is 7.90. The van der Waals surface area contributed by atoms with Crippen LogP contribution in [-0.2, 0) is 4.74 Å². The van der Waals surface area contributed by atoms with Crippen molar-refractivity contribution in [3.63, 3.8) is 0 Å². The minimum atomic E-state index is 0.0756. The van der Waals surface area contributed by atoms with Gasteiger partial charge in [0, 0.05) is 19.5 Å². The average Bonchev–Trinajstić information content (AvgIpc) is 2.23. The van der Waals surface area contributed by atoms with E-state index in [1.165, 1.54) is 11.1 Å². The van der Waals surface area contributed by atoms with Crippen molar-refractivity contribution in [3.8, 4) is 0 Å². The van der Waals surface area contributed by atoms with Gasteiger partial charge in [0.25, 0.3) is 0 Å². The molecular formula is C14H24N2O. The number of likely N-dealkylation sites (N-methyl/N-ethyl adjacent to an activating group) is 1. The van der Waals surface area contributed by atoms with Gasteiger partial charge >= 0.3 is 0 Å². The van der Waals surface area contributed by atoms with Gasteiger partial charge in [-0.1, -0.05) is 26.8 Å². The molecule has 3 heteroatoms. The summed E-state index contributed by atoms with van der Waals surface area (Å²) in [5, 5.41) is 3.34. The summed E-state index contributed by atoms with van der Waals surface area (Å²) in [6.07, 6.45) is 3.89. The molecule has 0 aliphatic carbocycles. The maximum absolute atomic E-state index is 5.67. The first-order valence-corrected chi connectivity index (χ1v) is 6.01. The van der Waals surface area contributed by atoms with Crippen LogP contribution in [0.2, 0.25) is 0 Å². The van der Waals surface area contributed by atoms with E-state index < -0.39 is 0 Å². The molecule has 0 spiro atoms. The van der Waals surface area contributed by atoms with Gasteiger partial charge in [-0.05, 0) is 30.5 Å². The van der Waals surface area contributed by atoms with Crippen molar-refractivity contribution in [2.45, 2.75) is 39.8 Å². The molecule has 0 bridgehead atoms. The molecule has 0 aromatic carbocycles. The first kappa shape index (κ1) is 14.1. The molecule has 0 amide bonds. The number of rotatable bonds is 4. The number of ether oxygens (including phenoxy) is 1. The third-order valence-electron chi connectivity index (χ3n) is 2.98. The second-order valence-corrected chi connectivity index (χ2v) is 5.58. The standard InChI is InChI=1S/C14H24N2O/c1-10-7-11(9-16-8-10)12(15-5)13(17-6)14(2,3)4/h7-9,12-13,15H,1-6H3. The molecule has 3 nitrogen and oxygen atoms in total. The summed E-state index contributed by atoms with van der Waals surface area (Å²) in [6, 6.07) is 2.32. The van der Waals surface area contributed by atoms with Crippen molar-refractivity contribution in [2.24, 2.45) is 5.41 Å². The van der Waals surface area contributed by atoms with Crippen LogP contribution < -0.4 is 5.32 Å². The molecule has 1 aromatic rings. The van der Waals surface area contributed by atoms with Gasteiger partial charge in [-0.15, -0.1) is 0 Å². The van der Waals surface area contributed by atoms with E-state index in [0.717, 1.165) is 0 Å².